The maximum absolute atomic E-state index is 12.0. The number of phenolic OH excluding ortho intramolecular Hbond substituents is 1. The Kier molecular flexibility index (Phi) is 5.30. The number of carbonyl (C=O) groups excluding carboxylic acids is 1. The number of benzene rings is 2. The molecule has 2 rings (SSSR count). The lowest BCUT2D eigenvalue weighted by Gasteiger charge is -2.17. The summed E-state index contributed by atoms with van der Waals surface area (Å²) in [5.41, 5.74) is 1.40. The van der Waals surface area contributed by atoms with Crippen LogP contribution in [0.4, 0.5) is 10.5 Å². The van der Waals surface area contributed by atoms with Crippen molar-refractivity contribution in [1.82, 2.24) is 5.32 Å². The Morgan fingerprint density at radius 1 is 1.09 bits per heavy atom. The van der Waals surface area contributed by atoms with Crippen LogP contribution < -0.4 is 20.1 Å². The third kappa shape index (κ3) is 4.29. The highest BCUT2D eigenvalue weighted by Crippen LogP contribution is 2.29. The van der Waals surface area contributed by atoms with Gasteiger partial charge in [0, 0.05) is 11.8 Å². The molecule has 122 valence electrons. The topological polar surface area (TPSA) is 79.8 Å². The molecule has 0 heterocycles. The van der Waals surface area contributed by atoms with Gasteiger partial charge < -0.3 is 25.2 Å². The van der Waals surface area contributed by atoms with E-state index in [9.17, 15) is 9.90 Å². The van der Waals surface area contributed by atoms with E-state index < -0.39 is 0 Å². The minimum absolute atomic E-state index is 0.0933. The Morgan fingerprint density at radius 3 is 2.48 bits per heavy atom. The van der Waals surface area contributed by atoms with E-state index in [-0.39, 0.29) is 17.8 Å². The summed E-state index contributed by atoms with van der Waals surface area (Å²) < 4.78 is 10.5. The first-order chi connectivity index (χ1) is 11.0. The minimum Gasteiger partial charge on any atom is -0.508 e. The Labute approximate surface area is 135 Å². The average Bonchev–Trinajstić information content (AvgIpc) is 2.53. The number of methoxy groups -OCH3 is 2. The number of hydrogen-bond donors (Lipinski definition) is 3. The normalized spacial score (nSPS) is 11.4. The largest absolute Gasteiger partial charge is 0.508 e. The molecule has 23 heavy (non-hydrogen) atoms. The van der Waals surface area contributed by atoms with Gasteiger partial charge in [0.05, 0.1) is 20.3 Å². The van der Waals surface area contributed by atoms with Crippen molar-refractivity contribution in [2.24, 2.45) is 0 Å². The van der Waals surface area contributed by atoms with E-state index in [1.165, 1.54) is 12.1 Å². The summed E-state index contributed by atoms with van der Waals surface area (Å²) in [6, 6.07) is 11.2. The molecule has 0 radical (unpaired) electrons. The zero-order chi connectivity index (χ0) is 16.8. The van der Waals surface area contributed by atoms with Gasteiger partial charge in [-0.05, 0) is 36.8 Å². The highest BCUT2D eigenvalue weighted by Gasteiger charge is 2.13. The zero-order valence-corrected chi connectivity index (χ0v) is 13.3. The maximum atomic E-state index is 12.0. The molecule has 1 unspecified atom stereocenters. The van der Waals surface area contributed by atoms with Crippen molar-refractivity contribution in [3.05, 3.63) is 48.0 Å². The molecule has 0 spiro atoms. The molecule has 0 saturated heterocycles. The molecule has 3 N–H and O–H groups in total. The van der Waals surface area contributed by atoms with Crippen molar-refractivity contribution in [2.45, 2.75) is 13.0 Å². The molecular weight excluding hydrogens is 296 g/mol. The second-order valence-corrected chi connectivity index (χ2v) is 4.98. The van der Waals surface area contributed by atoms with Crippen LogP contribution >= 0.6 is 0 Å². The fraction of sp³-hybridized carbons (Fsp3) is 0.235. The van der Waals surface area contributed by atoms with Crippen molar-refractivity contribution in [3.63, 3.8) is 0 Å². The highest BCUT2D eigenvalue weighted by molar-refractivity contribution is 5.89. The summed E-state index contributed by atoms with van der Waals surface area (Å²) in [5.74, 6) is 1.33. The van der Waals surface area contributed by atoms with Gasteiger partial charge in [0.2, 0.25) is 0 Å². The quantitative estimate of drug-likeness (QED) is 0.791. The Balaban J connectivity index is 2.03. The Bertz CT molecular complexity index is 688. The molecule has 0 fully saturated rings. The molecule has 0 aliphatic heterocycles. The third-order valence-corrected chi connectivity index (χ3v) is 3.36. The van der Waals surface area contributed by atoms with Crippen LogP contribution in [0.1, 0.15) is 18.5 Å². The SMILES string of the molecule is COc1ccc(C(C)NC(=O)Nc2cccc(O)c2)cc1OC. The van der Waals surface area contributed by atoms with E-state index in [4.69, 9.17) is 9.47 Å². The van der Waals surface area contributed by atoms with Crippen LogP contribution in [-0.2, 0) is 0 Å². The first-order valence-electron chi connectivity index (χ1n) is 7.12. The molecule has 0 aliphatic carbocycles. The summed E-state index contributed by atoms with van der Waals surface area (Å²) in [4.78, 5) is 12.0. The first kappa shape index (κ1) is 16.5. The van der Waals surface area contributed by atoms with Crippen molar-refractivity contribution in [2.75, 3.05) is 19.5 Å². The van der Waals surface area contributed by atoms with Crippen molar-refractivity contribution in [3.8, 4) is 17.2 Å². The summed E-state index contributed by atoms with van der Waals surface area (Å²) in [6.45, 7) is 1.86. The van der Waals surface area contributed by atoms with Gasteiger partial charge in [-0.15, -0.1) is 0 Å². The zero-order valence-electron chi connectivity index (χ0n) is 13.3. The summed E-state index contributed by atoms with van der Waals surface area (Å²) in [5, 5.41) is 14.9. The molecule has 0 bridgehead atoms. The van der Waals surface area contributed by atoms with Crippen LogP contribution in [0.25, 0.3) is 0 Å². The molecule has 2 aromatic rings. The van der Waals surface area contributed by atoms with Gasteiger partial charge in [0.1, 0.15) is 5.75 Å². The lowest BCUT2D eigenvalue weighted by Crippen LogP contribution is -2.31. The number of rotatable bonds is 5. The molecule has 0 saturated carbocycles. The van der Waals surface area contributed by atoms with Gasteiger partial charge >= 0.3 is 6.03 Å². The van der Waals surface area contributed by atoms with Crippen molar-refractivity contribution >= 4 is 11.7 Å². The lowest BCUT2D eigenvalue weighted by atomic mass is 10.1. The fourth-order valence-corrected chi connectivity index (χ4v) is 2.15. The summed E-state index contributed by atoms with van der Waals surface area (Å²) in [6.07, 6.45) is 0. The van der Waals surface area contributed by atoms with Gasteiger partial charge in [0.25, 0.3) is 0 Å². The number of hydrogen-bond acceptors (Lipinski definition) is 4. The predicted octanol–water partition coefficient (Wildman–Crippen LogP) is 3.29. The van der Waals surface area contributed by atoms with E-state index in [0.717, 1.165) is 5.56 Å². The van der Waals surface area contributed by atoms with Crippen LogP contribution in [0.5, 0.6) is 17.2 Å². The second-order valence-electron chi connectivity index (χ2n) is 4.98. The fourth-order valence-electron chi connectivity index (χ4n) is 2.15. The Hall–Kier alpha value is -2.89. The van der Waals surface area contributed by atoms with E-state index in [1.807, 2.05) is 19.1 Å². The standard InChI is InChI=1S/C17H20N2O4/c1-11(12-7-8-15(22-2)16(9-12)23-3)18-17(21)19-13-5-4-6-14(20)10-13/h4-11,20H,1-3H3,(H2,18,19,21). The number of ether oxygens (including phenoxy) is 2. The molecule has 6 heteroatoms. The van der Waals surface area contributed by atoms with E-state index in [2.05, 4.69) is 10.6 Å². The predicted molar refractivity (Wildman–Crippen MR) is 88.2 cm³/mol. The van der Waals surface area contributed by atoms with Crippen LogP contribution in [0.3, 0.4) is 0 Å². The number of aromatic hydroxyl groups is 1. The van der Waals surface area contributed by atoms with Gasteiger partial charge in [-0.2, -0.15) is 0 Å². The maximum Gasteiger partial charge on any atom is 0.319 e. The molecule has 2 aromatic carbocycles. The highest BCUT2D eigenvalue weighted by atomic mass is 16.5. The monoisotopic (exact) mass is 316 g/mol. The number of phenols is 1. The van der Waals surface area contributed by atoms with Crippen LogP contribution in [0, 0.1) is 0 Å². The van der Waals surface area contributed by atoms with Crippen molar-refractivity contribution < 1.29 is 19.4 Å². The number of carbonyl (C=O) groups is 1. The second kappa shape index (κ2) is 7.40. The smallest absolute Gasteiger partial charge is 0.319 e. The lowest BCUT2D eigenvalue weighted by molar-refractivity contribution is 0.249. The third-order valence-electron chi connectivity index (χ3n) is 3.36. The molecular formula is C17H20N2O4. The average molecular weight is 316 g/mol. The van der Waals surface area contributed by atoms with E-state index in [0.29, 0.717) is 17.2 Å². The van der Waals surface area contributed by atoms with Gasteiger partial charge in [-0.25, -0.2) is 4.79 Å². The Morgan fingerprint density at radius 2 is 1.83 bits per heavy atom. The van der Waals surface area contributed by atoms with Crippen LogP contribution in [0.15, 0.2) is 42.5 Å². The number of nitrogens with one attached hydrogen (secondary N) is 2. The molecule has 2 amide bonds. The molecule has 6 nitrogen and oxygen atoms in total. The minimum atomic E-state index is -0.363. The molecule has 0 aromatic heterocycles. The van der Waals surface area contributed by atoms with E-state index >= 15 is 0 Å². The number of amides is 2. The van der Waals surface area contributed by atoms with Crippen LogP contribution in [-0.4, -0.2) is 25.4 Å². The molecule has 1 atom stereocenters. The first-order valence-corrected chi connectivity index (χ1v) is 7.12. The van der Waals surface area contributed by atoms with E-state index in [1.54, 1.807) is 32.4 Å². The number of anilines is 1. The summed E-state index contributed by atoms with van der Waals surface area (Å²) >= 11 is 0. The molecule has 0 aliphatic rings. The van der Waals surface area contributed by atoms with Crippen molar-refractivity contribution in [1.29, 1.82) is 0 Å². The van der Waals surface area contributed by atoms with Crippen LogP contribution in [0.2, 0.25) is 0 Å². The van der Waals surface area contributed by atoms with Gasteiger partial charge in [-0.1, -0.05) is 12.1 Å². The summed E-state index contributed by atoms with van der Waals surface area (Å²) in [7, 11) is 3.14. The van der Waals surface area contributed by atoms with Gasteiger partial charge in [0.15, 0.2) is 11.5 Å². The number of urea groups is 1. The van der Waals surface area contributed by atoms with Gasteiger partial charge in [-0.3, -0.25) is 0 Å².